The van der Waals surface area contributed by atoms with Crippen molar-refractivity contribution in [1.82, 2.24) is 4.98 Å². The molecule has 0 atom stereocenters. The quantitative estimate of drug-likeness (QED) is 0.938. The third-order valence-corrected chi connectivity index (χ3v) is 4.24. The van der Waals surface area contributed by atoms with Crippen LogP contribution in [0.3, 0.4) is 0 Å². The van der Waals surface area contributed by atoms with Crippen LogP contribution in [0.15, 0.2) is 42.6 Å². The summed E-state index contributed by atoms with van der Waals surface area (Å²) in [4.78, 5) is 19.0. The van der Waals surface area contributed by atoms with Gasteiger partial charge >= 0.3 is 0 Å². The molecular weight excluding hydrogens is 300 g/mol. The van der Waals surface area contributed by atoms with E-state index < -0.39 is 0 Å². The number of nitrogens with one attached hydrogen (secondary N) is 1. The lowest BCUT2D eigenvalue weighted by molar-refractivity contribution is 0.102. The predicted octanol–water partition coefficient (Wildman–Crippen LogP) is 3.59. The van der Waals surface area contributed by atoms with Gasteiger partial charge in [-0.1, -0.05) is 25.0 Å². The summed E-state index contributed by atoms with van der Waals surface area (Å²) in [6, 6.07) is 12.8. The van der Waals surface area contributed by atoms with Crippen molar-refractivity contribution in [1.29, 1.82) is 5.26 Å². The Hall–Kier alpha value is -2.87. The number of carbonyl (C=O) groups is 1. The Kier molecular flexibility index (Phi) is 5.07. The molecule has 1 aliphatic rings. The second-order valence-electron chi connectivity index (χ2n) is 5.91. The van der Waals surface area contributed by atoms with Crippen molar-refractivity contribution in [2.45, 2.75) is 25.7 Å². The highest BCUT2D eigenvalue weighted by molar-refractivity contribution is 6.04. The number of nitriles is 1. The maximum atomic E-state index is 12.5. The van der Waals surface area contributed by atoms with E-state index in [1.807, 2.05) is 12.1 Å². The molecule has 1 saturated heterocycles. The predicted molar refractivity (Wildman–Crippen MR) is 94.0 cm³/mol. The summed E-state index contributed by atoms with van der Waals surface area (Å²) in [5, 5.41) is 11.9. The molecule has 122 valence electrons. The monoisotopic (exact) mass is 320 g/mol. The molecule has 0 radical (unpaired) electrons. The number of anilines is 2. The van der Waals surface area contributed by atoms with Crippen LogP contribution in [0.4, 0.5) is 11.4 Å². The van der Waals surface area contributed by atoms with Crippen molar-refractivity contribution in [2.75, 3.05) is 23.3 Å². The third kappa shape index (κ3) is 3.72. The summed E-state index contributed by atoms with van der Waals surface area (Å²) in [5.41, 5.74) is 2.34. The largest absolute Gasteiger partial charge is 0.371 e. The normalized spacial score (nSPS) is 14.5. The van der Waals surface area contributed by atoms with Gasteiger partial charge in [0.05, 0.1) is 11.3 Å². The number of para-hydroxylation sites is 1. The molecule has 5 nitrogen and oxygen atoms in total. The number of pyridine rings is 1. The first-order chi connectivity index (χ1) is 11.8. The van der Waals surface area contributed by atoms with Gasteiger partial charge in [0.1, 0.15) is 11.8 Å². The number of hydrogen-bond donors (Lipinski definition) is 1. The molecule has 3 rings (SSSR count). The highest BCUT2D eigenvalue weighted by Crippen LogP contribution is 2.21. The highest BCUT2D eigenvalue weighted by atomic mass is 16.1. The Morgan fingerprint density at radius 3 is 2.62 bits per heavy atom. The van der Waals surface area contributed by atoms with Crippen molar-refractivity contribution in [3.05, 3.63) is 53.9 Å². The van der Waals surface area contributed by atoms with Gasteiger partial charge in [-0.25, -0.2) is 0 Å². The molecule has 0 unspecified atom stereocenters. The molecule has 5 heteroatoms. The average Bonchev–Trinajstić information content (AvgIpc) is 2.92. The van der Waals surface area contributed by atoms with Gasteiger partial charge in [0.15, 0.2) is 0 Å². The molecule has 1 aromatic carbocycles. The van der Waals surface area contributed by atoms with Crippen LogP contribution in [0, 0.1) is 11.3 Å². The van der Waals surface area contributed by atoms with Crippen molar-refractivity contribution in [2.24, 2.45) is 0 Å². The molecule has 2 aromatic rings. The van der Waals surface area contributed by atoms with Gasteiger partial charge in [0.25, 0.3) is 5.91 Å². The highest BCUT2D eigenvalue weighted by Gasteiger charge is 2.14. The first kappa shape index (κ1) is 16.0. The van der Waals surface area contributed by atoms with Gasteiger partial charge in [-0.3, -0.25) is 9.78 Å². The molecule has 1 N–H and O–H groups in total. The summed E-state index contributed by atoms with van der Waals surface area (Å²) in [5.74, 6) is -0.297. The van der Waals surface area contributed by atoms with E-state index in [0.717, 1.165) is 18.8 Å². The van der Waals surface area contributed by atoms with Crippen LogP contribution in [0.1, 0.15) is 41.7 Å². The van der Waals surface area contributed by atoms with E-state index in [9.17, 15) is 4.79 Å². The number of carbonyl (C=O) groups excluding carboxylic acids is 1. The minimum Gasteiger partial charge on any atom is -0.371 e. The third-order valence-electron chi connectivity index (χ3n) is 4.24. The van der Waals surface area contributed by atoms with E-state index in [4.69, 9.17) is 5.26 Å². The molecule has 1 fully saturated rings. The smallest absolute Gasteiger partial charge is 0.274 e. The molecule has 0 saturated carbocycles. The lowest BCUT2D eigenvalue weighted by Crippen LogP contribution is -2.24. The van der Waals surface area contributed by atoms with Gasteiger partial charge in [-0.2, -0.15) is 5.26 Å². The van der Waals surface area contributed by atoms with Crippen molar-refractivity contribution in [3.63, 3.8) is 0 Å². The molecule has 1 amide bonds. The topological polar surface area (TPSA) is 69.0 Å². The molecule has 0 bridgehead atoms. The van der Waals surface area contributed by atoms with E-state index in [0.29, 0.717) is 16.9 Å². The molecule has 1 aliphatic heterocycles. The minimum atomic E-state index is -0.297. The second kappa shape index (κ2) is 7.60. The number of amides is 1. The molecule has 0 spiro atoms. The Labute approximate surface area is 141 Å². The minimum absolute atomic E-state index is 0.297. The summed E-state index contributed by atoms with van der Waals surface area (Å²) in [6.07, 6.45) is 6.56. The fourth-order valence-electron chi connectivity index (χ4n) is 2.95. The van der Waals surface area contributed by atoms with Gasteiger partial charge < -0.3 is 10.2 Å². The lowest BCUT2D eigenvalue weighted by Gasteiger charge is -2.22. The SMILES string of the molecule is N#Cc1ccccc1NC(=O)c1cc(N2CCCCCC2)ccn1. The van der Waals surface area contributed by atoms with E-state index in [2.05, 4.69) is 21.3 Å². The number of aromatic nitrogens is 1. The standard InChI is InChI=1S/C19H20N4O/c20-14-15-7-3-4-8-17(15)22-19(24)18-13-16(9-10-21-18)23-11-5-1-2-6-12-23/h3-4,7-10,13H,1-2,5-6,11-12H2,(H,22,24). The second-order valence-corrected chi connectivity index (χ2v) is 5.91. The molecular formula is C19H20N4O. The van der Waals surface area contributed by atoms with Gasteiger partial charge in [-0.15, -0.1) is 0 Å². The van der Waals surface area contributed by atoms with Gasteiger partial charge in [-0.05, 0) is 37.1 Å². The molecule has 1 aromatic heterocycles. The number of benzene rings is 1. The average molecular weight is 320 g/mol. The maximum absolute atomic E-state index is 12.5. The summed E-state index contributed by atoms with van der Waals surface area (Å²) in [6.45, 7) is 2.03. The Morgan fingerprint density at radius 1 is 1.12 bits per heavy atom. The Balaban J connectivity index is 1.78. The van der Waals surface area contributed by atoms with Gasteiger partial charge in [0.2, 0.25) is 0 Å². The number of nitrogens with zero attached hydrogens (tertiary/aromatic N) is 3. The van der Waals surface area contributed by atoms with E-state index >= 15 is 0 Å². The summed E-state index contributed by atoms with van der Waals surface area (Å²) < 4.78 is 0. The van der Waals surface area contributed by atoms with Crippen molar-refractivity contribution < 1.29 is 4.79 Å². The van der Waals surface area contributed by atoms with Gasteiger partial charge in [0, 0.05) is 25.0 Å². The number of hydrogen-bond acceptors (Lipinski definition) is 4. The van der Waals surface area contributed by atoms with Crippen LogP contribution >= 0.6 is 0 Å². The maximum Gasteiger partial charge on any atom is 0.274 e. The van der Waals surface area contributed by atoms with Crippen LogP contribution in [-0.4, -0.2) is 24.0 Å². The molecule has 24 heavy (non-hydrogen) atoms. The van der Waals surface area contributed by atoms with E-state index in [-0.39, 0.29) is 5.91 Å². The van der Waals surface area contributed by atoms with Crippen molar-refractivity contribution >= 4 is 17.3 Å². The molecule has 0 aliphatic carbocycles. The van der Waals surface area contributed by atoms with Crippen LogP contribution < -0.4 is 10.2 Å². The van der Waals surface area contributed by atoms with Crippen LogP contribution in [0.25, 0.3) is 0 Å². The van der Waals surface area contributed by atoms with Crippen LogP contribution in [0.2, 0.25) is 0 Å². The zero-order valence-electron chi connectivity index (χ0n) is 13.5. The summed E-state index contributed by atoms with van der Waals surface area (Å²) >= 11 is 0. The zero-order chi connectivity index (χ0) is 16.8. The van der Waals surface area contributed by atoms with E-state index in [1.54, 1.807) is 30.5 Å². The summed E-state index contributed by atoms with van der Waals surface area (Å²) in [7, 11) is 0. The number of rotatable bonds is 3. The Morgan fingerprint density at radius 2 is 1.88 bits per heavy atom. The first-order valence-electron chi connectivity index (χ1n) is 8.29. The fraction of sp³-hybridized carbons (Fsp3) is 0.316. The van der Waals surface area contributed by atoms with E-state index in [1.165, 1.54) is 25.7 Å². The molecule has 2 heterocycles. The first-order valence-corrected chi connectivity index (χ1v) is 8.29. The van der Waals surface area contributed by atoms with Crippen molar-refractivity contribution in [3.8, 4) is 6.07 Å². The lowest BCUT2D eigenvalue weighted by atomic mass is 10.2. The van der Waals surface area contributed by atoms with Crippen LogP contribution in [-0.2, 0) is 0 Å². The van der Waals surface area contributed by atoms with Crippen LogP contribution in [0.5, 0.6) is 0 Å². The zero-order valence-corrected chi connectivity index (χ0v) is 13.5. The Bertz CT molecular complexity index is 758. The fourth-order valence-corrected chi connectivity index (χ4v) is 2.95.